The molecule has 2 rings (SSSR count). The summed E-state index contributed by atoms with van der Waals surface area (Å²) in [6.07, 6.45) is 5.20. The Labute approximate surface area is 101 Å². The van der Waals surface area contributed by atoms with E-state index in [2.05, 4.69) is 20.9 Å². The van der Waals surface area contributed by atoms with Crippen molar-refractivity contribution in [1.29, 1.82) is 5.26 Å². The summed E-state index contributed by atoms with van der Waals surface area (Å²) < 4.78 is 0. The molecule has 5 heteroatoms. The van der Waals surface area contributed by atoms with Crippen molar-refractivity contribution in [2.24, 2.45) is 0 Å². The molecule has 1 aromatic heterocycles. The van der Waals surface area contributed by atoms with Gasteiger partial charge in [-0.05, 0) is 19.3 Å². The Kier molecular flexibility index (Phi) is 3.43. The van der Waals surface area contributed by atoms with Gasteiger partial charge in [0.2, 0.25) is 0 Å². The second-order valence-corrected chi connectivity index (χ2v) is 4.25. The fourth-order valence-corrected chi connectivity index (χ4v) is 2.02. The van der Waals surface area contributed by atoms with Crippen LogP contribution in [0.5, 0.6) is 0 Å². The first-order chi connectivity index (χ1) is 8.27. The molecule has 1 aliphatic carbocycles. The third kappa shape index (κ3) is 2.47. The fourth-order valence-electron chi connectivity index (χ4n) is 2.02. The van der Waals surface area contributed by atoms with E-state index in [0.29, 0.717) is 18.3 Å². The number of aromatic nitrogens is 2. The van der Waals surface area contributed by atoms with Crippen LogP contribution in [0.1, 0.15) is 31.7 Å². The molecule has 0 atom stereocenters. The first-order valence-electron chi connectivity index (χ1n) is 6.00. The van der Waals surface area contributed by atoms with Crippen molar-refractivity contribution in [3.63, 3.8) is 0 Å². The average Bonchev–Trinajstić information content (AvgIpc) is 3.14. The van der Waals surface area contributed by atoms with Gasteiger partial charge in [0, 0.05) is 18.2 Å². The lowest BCUT2D eigenvalue weighted by atomic mass is 10.2. The molecule has 1 aliphatic rings. The van der Waals surface area contributed by atoms with Crippen LogP contribution in [0.2, 0.25) is 0 Å². The zero-order chi connectivity index (χ0) is 12.3. The van der Waals surface area contributed by atoms with Gasteiger partial charge in [0.25, 0.3) is 0 Å². The zero-order valence-electron chi connectivity index (χ0n) is 10.1. The number of nitrogens with zero attached hydrogens (tertiary/aromatic N) is 4. The van der Waals surface area contributed by atoms with Gasteiger partial charge < -0.3 is 10.6 Å². The maximum absolute atomic E-state index is 8.71. The maximum Gasteiger partial charge on any atom is 0.137 e. The topological polar surface area (TPSA) is 78.8 Å². The highest BCUT2D eigenvalue weighted by Crippen LogP contribution is 2.33. The van der Waals surface area contributed by atoms with Gasteiger partial charge in [0.05, 0.1) is 12.5 Å². The van der Waals surface area contributed by atoms with Gasteiger partial charge in [-0.1, -0.05) is 6.92 Å². The highest BCUT2D eigenvalue weighted by Gasteiger charge is 2.31. The third-order valence-electron chi connectivity index (χ3n) is 3.03. The Balaban J connectivity index is 2.28. The Morgan fingerprint density at radius 3 is 2.88 bits per heavy atom. The van der Waals surface area contributed by atoms with Crippen molar-refractivity contribution in [2.75, 3.05) is 17.2 Å². The molecule has 1 saturated carbocycles. The predicted octanol–water partition coefficient (Wildman–Crippen LogP) is 1.50. The molecule has 17 heavy (non-hydrogen) atoms. The maximum atomic E-state index is 8.71. The van der Waals surface area contributed by atoms with E-state index in [1.807, 2.05) is 6.92 Å². The van der Waals surface area contributed by atoms with Gasteiger partial charge in [0.1, 0.15) is 18.0 Å². The van der Waals surface area contributed by atoms with Crippen LogP contribution in [0.3, 0.4) is 0 Å². The van der Waals surface area contributed by atoms with Crippen molar-refractivity contribution >= 4 is 11.6 Å². The van der Waals surface area contributed by atoms with Crippen LogP contribution in [0, 0.1) is 11.3 Å². The van der Waals surface area contributed by atoms with Crippen molar-refractivity contribution in [3.05, 3.63) is 11.9 Å². The van der Waals surface area contributed by atoms with Crippen molar-refractivity contribution in [1.82, 2.24) is 9.97 Å². The van der Waals surface area contributed by atoms with Crippen LogP contribution in [0.25, 0.3) is 0 Å². The van der Waals surface area contributed by atoms with E-state index < -0.39 is 0 Å². The Morgan fingerprint density at radius 1 is 1.53 bits per heavy atom. The zero-order valence-corrected chi connectivity index (χ0v) is 10.1. The quantitative estimate of drug-likeness (QED) is 0.830. The molecule has 0 aliphatic heterocycles. The molecule has 0 aromatic carbocycles. The summed E-state index contributed by atoms with van der Waals surface area (Å²) in [6.45, 7) is 2.78. The molecular weight excluding hydrogens is 214 g/mol. The largest absolute Gasteiger partial charge is 0.383 e. The number of hydrogen-bond acceptors (Lipinski definition) is 5. The van der Waals surface area contributed by atoms with Gasteiger partial charge >= 0.3 is 0 Å². The van der Waals surface area contributed by atoms with E-state index in [1.54, 1.807) is 0 Å². The van der Waals surface area contributed by atoms with Crippen molar-refractivity contribution in [3.8, 4) is 6.07 Å². The van der Waals surface area contributed by atoms with Gasteiger partial charge in [-0.25, -0.2) is 9.97 Å². The molecule has 0 bridgehead atoms. The minimum atomic E-state index is 0.517. The van der Waals surface area contributed by atoms with E-state index in [1.165, 1.54) is 19.2 Å². The minimum Gasteiger partial charge on any atom is -0.383 e. The fraction of sp³-hybridized carbons (Fsp3) is 0.583. The molecule has 1 heterocycles. The van der Waals surface area contributed by atoms with Crippen LogP contribution in [-0.2, 0) is 6.42 Å². The lowest BCUT2D eigenvalue weighted by Crippen LogP contribution is -2.29. The first-order valence-corrected chi connectivity index (χ1v) is 6.00. The summed E-state index contributed by atoms with van der Waals surface area (Å²) in [7, 11) is 0. The number of nitrogens with two attached hydrogens (primary N) is 1. The second-order valence-electron chi connectivity index (χ2n) is 4.25. The molecule has 90 valence electrons. The lowest BCUT2D eigenvalue weighted by Gasteiger charge is -2.24. The van der Waals surface area contributed by atoms with E-state index in [-0.39, 0.29) is 0 Å². The van der Waals surface area contributed by atoms with Crippen LogP contribution >= 0.6 is 0 Å². The smallest absolute Gasteiger partial charge is 0.137 e. The summed E-state index contributed by atoms with van der Waals surface area (Å²) in [5.74, 6) is 1.47. The molecular formula is C12H17N5. The predicted molar refractivity (Wildman–Crippen MR) is 66.4 cm³/mol. The number of nitrogen functional groups attached to an aromatic ring is 1. The Hall–Kier alpha value is -1.83. The van der Waals surface area contributed by atoms with Crippen LogP contribution in [0.4, 0.5) is 11.6 Å². The summed E-state index contributed by atoms with van der Waals surface area (Å²) in [5, 5.41) is 8.71. The van der Waals surface area contributed by atoms with E-state index in [9.17, 15) is 0 Å². The summed E-state index contributed by atoms with van der Waals surface area (Å²) in [4.78, 5) is 10.6. The monoisotopic (exact) mass is 231 g/mol. The first kappa shape index (κ1) is 11.6. The second kappa shape index (κ2) is 5.00. The van der Waals surface area contributed by atoms with Crippen molar-refractivity contribution < 1.29 is 0 Å². The average molecular weight is 231 g/mol. The molecule has 0 unspecified atom stereocenters. The summed E-state index contributed by atoms with van der Waals surface area (Å²) in [5.41, 5.74) is 6.87. The summed E-state index contributed by atoms with van der Waals surface area (Å²) in [6, 6.07) is 2.72. The normalized spacial score (nSPS) is 14.4. The molecule has 0 spiro atoms. The van der Waals surface area contributed by atoms with Gasteiger partial charge in [-0.15, -0.1) is 0 Å². The van der Waals surface area contributed by atoms with Crippen LogP contribution in [0.15, 0.2) is 6.33 Å². The molecule has 0 amide bonds. The van der Waals surface area contributed by atoms with Gasteiger partial charge in [0.15, 0.2) is 0 Å². The molecule has 2 N–H and O–H groups in total. The van der Waals surface area contributed by atoms with E-state index in [4.69, 9.17) is 11.0 Å². The molecule has 5 nitrogen and oxygen atoms in total. The van der Waals surface area contributed by atoms with Gasteiger partial charge in [-0.2, -0.15) is 5.26 Å². The van der Waals surface area contributed by atoms with E-state index >= 15 is 0 Å². The molecule has 0 saturated heterocycles. The number of nitriles is 1. The molecule has 1 aromatic rings. The number of hydrogen-bond donors (Lipinski definition) is 1. The van der Waals surface area contributed by atoms with Crippen LogP contribution in [-0.4, -0.2) is 22.6 Å². The highest BCUT2D eigenvalue weighted by atomic mass is 15.2. The van der Waals surface area contributed by atoms with Crippen LogP contribution < -0.4 is 10.6 Å². The Morgan fingerprint density at radius 2 is 2.29 bits per heavy atom. The Bertz CT molecular complexity index is 433. The molecule has 0 radical (unpaired) electrons. The van der Waals surface area contributed by atoms with Gasteiger partial charge in [-0.3, -0.25) is 0 Å². The molecule has 1 fully saturated rings. The van der Waals surface area contributed by atoms with E-state index in [0.717, 1.165) is 24.3 Å². The SMILES string of the molecule is CCc1c(N)ncnc1N(CCC#N)C1CC1. The minimum absolute atomic E-state index is 0.517. The standard InChI is InChI=1S/C12H17N5/c1-2-10-11(14)15-8-16-12(10)17(7-3-6-13)9-4-5-9/h8-9H,2-5,7H2,1H3,(H2,14,15,16). The highest BCUT2D eigenvalue weighted by molar-refractivity contribution is 5.57. The lowest BCUT2D eigenvalue weighted by molar-refractivity contribution is 0.767. The summed E-state index contributed by atoms with van der Waals surface area (Å²) >= 11 is 0. The number of rotatable bonds is 5. The number of anilines is 2. The third-order valence-corrected chi connectivity index (χ3v) is 3.03. The van der Waals surface area contributed by atoms with Crippen molar-refractivity contribution in [2.45, 2.75) is 38.6 Å².